The van der Waals surface area contributed by atoms with Crippen molar-refractivity contribution in [2.45, 2.75) is 0 Å². The summed E-state index contributed by atoms with van der Waals surface area (Å²) < 4.78 is 11.6. The molecule has 0 atom stereocenters. The SMILES string of the molecule is [C-]#[N+]c1c(-n2c3ccccc3c3ccccc32)c(C#N)c(-n2c3ccccc3c3ccccc32)c(-n2c3cccc(-c4c(-c5ccccc5)cccc4-c4ccccc4)c3c3ccc4c5ccccc5sc4c32)c1-n1c2ccccc2c2ccccc21. The third-order valence-electron chi connectivity index (χ3n) is 18.0. The van der Waals surface area contributed by atoms with Crippen molar-refractivity contribution in [1.29, 1.82) is 5.26 Å². The minimum absolute atomic E-state index is 0.347. The van der Waals surface area contributed by atoms with Crippen LogP contribution in [0.15, 0.2) is 279 Å². The Labute approximate surface area is 503 Å². The van der Waals surface area contributed by atoms with Gasteiger partial charge in [0.1, 0.15) is 6.07 Å². The average molecular weight is 1120 g/mol. The Hall–Kier alpha value is -11.7. The molecule has 87 heavy (non-hydrogen) atoms. The summed E-state index contributed by atoms with van der Waals surface area (Å²) >= 11 is 1.79. The normalized spacial score (nSPS) is 11.9. The molecule has 6 nitrogen and oxygen atoms in total. The fourth-order valence-electron chi connectivity index (χ4n) is 14.6. The maximum Gasteiger partial charge on any atom is 0.237 e. The standard InChI is InChI=1S/C80H46N6S/c1-82-74-75(83-64-38-15-8-28-53(64)54-29-9-16-39-65(54)83)63(48-81)76(84-66-40-17-10-30-55(66)56-31-11-18-41-67(56)84)79(78(74)85-68-42-19-12-32-57(68)58-33-13-20-43-69(58)85)86-70-44-23-37-61(73(70)62-47-46-60-59-34-14-21-45-71(59)87-80(60)77(62)86)72-51(49-24-4-2-5-25-49)35-22-36-52(72)50-26-6-3-7-27-50/h2-47H. The van der Waals surface area contributed by atoms with Gasteiger partial charge < -0.3 is 18.3 Å². The van der Waals surface area contributed by atoms with Gasteiger partial charge in [0.25, 0.3) is 0 Å². The van der Waals surface area contributed by atoms with E-state index in [1.54, 1.807) is 11.3 Å². The van der Waals surface area contributed by atoms with Gasteiger partial charge in [0.15, 0.2) is 0 Å². The molecule has 0 aliphatic heterocycles. The summed E-state index contributed by atoms with van der Waals surface area (Å²) in [7, 11) is 0. The smallest absolute Gasteiger partial charge is 0.237 e. The van der Waals surface area contributed by atoms with E-state index in [4.69, 9.17) is 4.85 Å². The molecule has 0 aliphatic carbocycles. The van der Waals surface area contributed by atoms with Crippen molar-refractivity contribution in [3.8, 4) is 62.2 Å². The van der Waals surface area contributed by atoms with Crippen molar-refractivity contribution in [3.63, 3.8) is 0 Å². The van der Waals surface area contributed by atoms with E-state index in [0.29, 0.717) is 34.0 Å². The van der Waals surface area contributed by atoms with Gasteiger partial charge in [-0.15, -0.1) is 11.3 Å². The van der Waals surface area contributed by atoms with E-state index in [1.165, 1.54) is 10.1 Å². The van der Waals surface area contributed by atoms with Crippen LogP contribution in [0, 0.1) is 17.9 Å². The largest absolute Gasteiger partial charge is 0.318 e. The van der Waals surface area contributed by atoms with Gasteiger partial charge in [-0.25, -0.2) is 4.85 Å². The van der Waals surface area contributed by atoms with Crippen LogP contribution in [-0.4, -0.2) is 18.3 Å². The van der Waals surface area contributed by atoms with Gasteiger partial charge >= 0.3 is 0 Å². The first-order valence-corrected chi connectivity index (χ1v) is 30.1. The molecule has 0 unspecified atom stereocenters. The number of nitrogens with zero attached hydrogens (tertiary/aromatic N) is 6. The number of benzene rings is 13. The lowest BCUT2D eigenvalue weighted by molar-refractivity contribution is 1.03. The van der Waals surface area contributed by atoms with Gasteiger partial charge in [-0.05, 0) is 81.9 Å². The van der Waals surface area contributed by atoms with Crippen LogP contribution in [0.2, 0.25) is 0 Å². The second-order valence-electron chi connectivity index (χ2n) is 22.4. The lowest BCUT2D eigenvalue weighted by Crippen LogP contribution is -2.14. The summed E-state index contributed by atoms with van der Waals surface area (Å²) in [6.45, 7) is 10.0. The number of aromatic nitrogens is 4. The number of hydrogen-bond acceptors (Lipinski definition) is 2. The molecule has 0 radical (unpaired) electrons. The third-order valence-corrected chi connectivity index (χ3v) is 19.2. The quantitative estimate of drug-likeness (QED) is 0.147. The predicted molar refractivity (Wildman–Crippen MR) is 364 cm³/mol. The van der Waals surface area contributed by atoms with Crippen molar-refractivity contribution in [2.24, 2.45) is 0 Å². The fourth-order valence-corrected chi connectivity index (χ4v) is 15.8. The van der Waals surface area contributed by atoms with Gasteiger partial charge in [-0.1, -0.05) is 231 Å². The van der Waals surface area contributed by atoms with Gasteiger partial charge in [0, 0.05) is 58.6 Å². The third kappa shape index (κ3) is 6.83. The Bertz CT molecular complexity index is 5660. The maximum atomic E-state index is 12.9. The summed E-state index contributed by atoms with van der Waals surface area (Å²) in [5, 5.41) is 23.5. The lowest BCUT2D eigenvalue weighted by Gasteiger charge is -2.27. The highest BCUT2D eigenvalue weighted by Gasteiger charge is 2.36. The summed E-state index contributed by atoms with van der Waals surface area (Å²) in [5.74, 6) is 0. The van der Waals surface area contributed by atoms with Gasteiger partial charge in [-0.2, -0.15) is 5.26 Å². The molecule has 5 heterocycles. The molecule has 18 aromatic rings. The summed E-state index contributed by atoms with van der Waals surface area (Å²) in [6.07, 6.45) is 0. The highest BCUT2D eigenvalue weighted by atomic mass is 32.1. The molecular weight excluding hydrogens is 1080 g/mol. The lowest BCUT2D eigenvalue weighted by atomic mass is 9.86. The number of fused-ring (bicyclic) bond motifs is 16. The molecule has 5 aromatic heterocycles. The molecule has 0 spiro atoms. The minimum atomic E-state index is 0.347. The van der Waals surface area contributed by atoms with Crippen molar-refractivity contribution in [2.75, 3.05) is 0 Å². The number of nitriles is 1. The molecule has 0 saturated carbocycles. The Morgan fingerprint density at radius 1 is 0.322 bits per heavy atom. The summed E-state index contributed by atoms with van der Waals surface area (Å²) in [5.41, 5.74) is 17.4. The van der Waals surface area contributed by atoms with Gasteiger partial charge in [-0.3, -0.25) is 0 Å². The molecule has 0 N–H and O–H groups in total. The Morgan fingerprint density at radius 3 is 1.20 bits per heavy atom. The zero-order valence-corrected chi connectivity index (χ0v) is 47.5. The van der Waals surface area contributed by atoms with Crippen LogP contribution >= 0.6 is 11.3 Å². The Morgan fingerprint density at radius 2 is 0.713 bits per heavy atom. The van der Waals surface area contributed by atoms with Crippen molar-refractivity contribution >= 4 is 124 Å². The number of para-hydroxylation sites is 6. The highest BCUT2D eigenvalue weighted by molar-refractivity contribution is 7.26. The zero-order chi connectivity index (χ0) is 57.4. The summed E-state index contributed by atoms with van der Waals surface area (Å²) in [6, 6.07) is 102. The fraction of sp³-hybridized carbons (Fsp3) is 0. The average Bonchev–Trinajstić information content (AvgIpc) is 1.64. The van der Waals surface area contributed by atoms with E-state index in [-0.39, 0.29) is 0 Å². The van der Waals surface area contributed by atoms with Crippen LogP contribution in [0.4, 0.5) is 5.69 Å². The second-order valence-corrected chi connectivity index (χ2v) is 23.4. The van der Waals surface area contributed by atoms with Gasteiger partial charge in [0.05, 0.1) is 83.7 Å². The van der Waals surface area contributed by atoms with Crippen LogP contribution in [0.3, 0.4) is 0 Å². The molecule has 402 valence electrons. The van der Waals surface area contributed by atoms with E-state index < -0.39 is 0 Å². The van der Waals surface area contributed by atoms with E-state index in [0.717, 1.165) is 131 Å². The monoisotopic (exact) mass is 1120 g/mol. The summed E-state index contributed by atoms with van der Waals surface area (Å²) in [4.78, 5) is 4.89. The number of rotatable bonds is 7. The van der Waals surface area contributed by atoms with Crippen LogP contribution in [0.5, 0.6) is 0 Å². The van der Waals surface area contributed by atoms with Crippen LogP contribution in [0.25, 0.3) is 168 Å². The van der Waals surface area contributed by atoms with E-state index >= 15 is 0 Å². The molecule has 0 aliphatic rings. The van der Waals surface area contributed by atoms with Gasteiger partial charge in [0.2, 0.25) is 5.69 Å². The van der Waals surface area contributed by atoms with Crippen LogP contribution in [-0.2, 0) is 0 Å². The van der Waals surface area contributed by atoms with E-state index in [1.807, 2.05) is 0 Å². The zero-order valence-electron chi connectivity index (χ0n) is 46.6. The van der Waals surface area contributed by atoms with Crippen molar-refractivity contribution in [1.82, 2.24) is 18.3 Å². The predicted octanol–water partition coefficient (Wildman–Crippen LogP) is 21.9. The van der Waals surface area contributed by atoms with E-state index in [2.05, 4.69) is 303 Å². The van der Waals surface area contributed by atoms with Crippen molar-refractivity contribution in [3.05, 3.63) is 296 Å². The Kier molecular flexibility index (Phi) is 10.6. The topological polar surface area (TPSA) is 47.9 Å². The molecule has 7 heteroatoms. The van der Waals surface area contributed by atoms with E-state index in [9.17, 15) is 11.8 Å². The second kappa shape index (κ2) is 18.9. The maximum absolute atomic E-state index is 12.9. The first kappa shape index (κ1) is 48.8. The Balaban J connectivity index is 1.15. The first-order chi connectivity index (χ1) is 43.2. The van der Waals surface area contributed by atoms with Crippen molar-refractivity contribution < 1.29 is 0 Å². The molecule has 13 aromatic carbocycles. The van der Waals surface area contributed by atoms with Crippen LogP contribution < -0.4 is 0 Å². The molecular formula is C80H46N6S. The molecule has 0 amide bonds. The number of thiophene rings is 1. The molecule has 18 rings (SSSR count). The first-order valence-electron chi connectivity index (χ1n) is 29.3. The molecule has 0 bridgehead atoms. The molecule has 0 saturated heterocycles. The minimum Gasteiger partial charge on any atom is -0.318 e. The van der Waals surface area contributed by atoms with Crippen LogP contribution in [0.1, 0.15) is 5.56 Å². The number of hydrogen-bond donors (Lipinski definition) is 0. The highest BCUT2D eigenvalue weighted by Crippen LogP contribution is 2.55. The molecule has 0 fully saturated rings.